The molecule has 1 saturated heterocycles. The summed E-state index contributed by atoms with van der Waals surface area (Å²) in [4.78, 5) is 35.3. The zero-order chi connectivity index (χ0) is 23.6. The summed E-state index contributed by atoms with van der Waals surface area (Å²) in [5.41, 5.74) is 1.42. The third-order valence-electron chi connectivity index (χ3n) is 4.92. The highest BCUT2D eigenvalue weighted by Crippen LogP contribution is 2.21. The van der Waals surface area contributed by atoms with Gasteiger partial charge in [-0.25, -0.2) is 9.59 Å². The maximum atomic E-state index is 12.5. The number of carboxylic acid groups (broad SMARTS) is 2. The highest BCUT2D eigenvalue weighted by atomic mass is 79.9. The molecule has 0 bridgehead atoms. The van der Waals surface area contributed by atoms with Gasteiger partial charge in [-0.3, -0.25) is 9.69 Å². The third kappa shape index (κ3) is 11.3. The Morgan fingerprint density at radius 2 is 1.74 bits per heavy atom. The van der Waals surface area contributed by atoms with Crippen LogP contribution >= 0.6 is 15.9 Å². The van der Waals surface area contributed by atoms with Gasteiger partial charge in [0.2, 0.25) is 5.91 Å². The van der Waals surface area contributed by atoms with Gasteiger partial charge in [0.25, 0.3) is 0 Å². The molecule has 3 N–H and O–H groups in total. The second kappa shape index (κ2) is 12.8. The SMILES string of the molecule is CN(C)CC(C)(C)CNC(=O)C1CCN(Cc2cccc(Br)c2)CC1.O=C(O)C(=O)O. The van der Waals surface area contributed by atoms with Crippen LogP contribution in [-0.2, 0) is 20.9 Å². The van der Waals surface area contributed by atoms with Crippen molar-refractivity contribution < 1.29 is 24.6 Å². The van der Waals surface area contributed by atoms with Crippen LogP contribution in [0.1, 0.15) is 32.3 Å². The predicted octanol–water partition coefficient (Wildman–Crippen LogP) is 2.52. The number of nitrogens with one attached hydrogen (secondary N) is 1. The van der Waals surface area contributed by atoms with E-state index in [4.69, 9.17) is 19.8 Å². The minimum Gasteiger partial charge on any atom is -0.473 e. The highest BCUT2D eigenvalue weighted by molar-refractivity contribution is 9.10. The Labute approximate surface area is 192 Å². The molecule has 1 aliphatic rings. The molecule has 174 valence electrons. The molecular weight excluding hydrogens is 466 g/mol. The first-order chi connectivity index (χ1) is 14.4. The normalized spacial score (nSPS) is 15.2. The standard InChI is InChI=1S/C20H32BrN3O.C2H2O4/c1-20(2,15-23(3)4)14-22-19(25)17-8-10-24(11-9-17)13-16-6-5-7-18(21)12-16;3-1(4)2(5)6/h5-7,12,17H,8-11,13-15H2,1-4H3,(H,22,25);(H,3,4)(H,5,6). The van der Waals surface area contributed by atoms with Gasteiger partial charge >= 0.3 is 11.9 Å². The quantitative estimate of drug-likeness (QED) is 0.494. The molecule has 0 saturated carbocycles. The lowest BCUT2D eigenvalue weighted by molar-refractivity contribution is -0.159. The number of amides is 1. The lowest BCUT2D eigenvalue weighted by Gasteiger charge is -2.33. The van der Waals surface area contributed by atoms with Crippen LogP contribution in [0.25, 0.3) is 0 Å². The zero-order valence-corrected chi connectivity index (χ0v) is 20.3. The average molecular weight is 500 g/mol. The number of hydrogen-bond donors (Lipinski definition) is 3. The number of aliphatic carboxylic acids is 2. The first kappa shape index (κ1) is 27.1. The predicted molar refractivity (Wildman–Crippen MR) is 123 cm³/mol. The molecule has 0 aliphatic carbocycles. The smallest absolute Gasteiger partial charge is 0.414 e. The summed E-state index contributed by atoms with van der Waals surface area (Å²) in [5, 5.41) is 18.0. The van der Waals surface area contributed by atoms with E-state index < -0.39 is 11.9 Å². The van der Waals surface area contributed by atoms with Crippen molar-refractivity contribution in [3.8, 4) is 0 Å². The number of likely N-dealkylation sites (tertiary alicyclic amines) is 1. The second-order valence-electron chi connectivity index (χ2n) is 8.91. The number of nitrogens with zero attached hydrogens (tertiary/aromatic N) is 2. The van der Waals surface area contributed by atoms with Gasteiger partial charge in [-0.1, -0.05) is 41.9 Å². The molecule has 1 aliphatic heterocycles. The van der Waals surface area contributed by atoms with Gasteiger partial charge < -0.3 is 20.4 Å². The van der Waals surface area contributed by atoms with Crippen molar-refractivity contribution in [2.24, 2.45) is 11.3 Å². The lowest BCUT2D eigenvalue weighted by Crippen LogP contribution is -2.44. The molecule has 1 heterocycles. The van der Waals surface area contributed by atoms with Crippen LogP contribution in [0.4, 0.5) is 0 Å². The van der Waals surface area contributed by atoms with Crippen molar-refractivity contribution in [1.82, 2.24) is 15.1 Å². The minimum atomic E-state index is -1.82. The number of carbonyl (C=O) groups excluding carboxylic acids is 1. The number of hydrogen-bond acceptors (Lipinski definition) is 5. The van der Waals surface area contributed by atoms with Gasteiger partial charge in [0, 0.05) is 30.0 Å². The van der Waals surface area contributed by atoms with E-state index in [1.54, 1.807) is 0 Å². The Kier molecular flexibility index (Phi) is 11.2. The van der Waals surface area contributed by atoms with Crippen LogP contribution in [0.2, 0.25) is 0 Å². The van der Waals surface area contributed by atoms with Crippen molar-refractivity contribution in [1.29, 1.82) is 0 Å². The van der Waals surface area contributed by atoms with E-state index in [0.717, 1.165) is 50.0 Å². The summed E-state index contributed by atoms with van der Waals surface area (Å²) in [6.45, 7) is 9.06. The Balaban J connectivity index is 0.000000703. The van der Waals surface area contributed by atoms with E-state index in [0.29, 0.717) is 0 Å². The third-order valence-corrected chi connectivity index (χ3v) is 5.42. The van der Waals surface area contributed by atoms with E-state index in [-0.39, 0.29) is 17.2 Å². The van der Waals surface area contributed by atoms with Crippen LogP contribution in [-0.4, -0.2) is 78.1 Å². The average Bonchev–Trinajstić information content (AvgIpc) is 2.66. The van der Waals surface area contributed by atoms with Gasteiger partial charge in [0.05, 0.1) is 0 Å². The van der Waals surface area contributed by atoms with E-state index in [1.165, 1.54) is 5.56 Å². The zero-order valence-electron chi connectivity index (χ0n) is 18.7. The van der Waals surface area contributed by atoms with Crippen molar-refractivity contribution in [2.75, 3.05) is 40.3 Å². The van der Waals surface area contributed by atoms with Crippen molar-refractivity contribution >= 4 is 33.8 Å². The molecule has 0 aromatic heterocycles. The summed E-state index contributed by atoms with van der Waals surface area (Å²) < 4.78 is 1.12. The fraction of sp³-hybridized carbons (Fsp3) is 0.591. The first-order valence-electron chi connectivity index (χ1n) is 10.2. The van der Waals surface area contributed by atoms with Crippen LogP contribution < -0.4 is 5.32 Å². The van der Waals surface area contributed by atoms with Crippen LogP contribution in [0.3, 0.4) is 0 Å². The number of rotatable bonds is 7. The number of halogens is 1. The topological polar surface area (TPSA) is 110 Å². The molecule has 0 atom stereocenters. The molecule has 1 amide bonds. The molecule has 1 aromatic rings. The largest absolute Gasteiger partial charge is 0.473 e. The van der Waals surface area contributed by atoms with Gasteiger partial charge in [-0.05, 0) is 63.1 Å². The number of benzene rings is 1. The molecule has 2 rings (SSSR count). The lowest BCUT2D eigenvalue weighted by atomic mass is 9.91. The van der Waals surface area contributed by atoms with Gasteiger partial charge in [0.1, 0.15) is 0 Å². The fourth-order valence-electron chi connectivity index (χ4n) is 3.63. The summed E-state index contributed by atoms with van der Waals surface area (Å²) in [6, 6.07) is 8.47. The Hall–Kier alpha value is -1.97. The first-order valence-corrected chi connectivity index (χ1v) is 11.0. The van der Waals surface area contributed by atoms with Crippen LogP contribution in [0.5, 0.6) is 0 Å². The Bertz CT molecular complexity index is 734. The molecule has 0 unspecified atom stereocenters. The number of carboxylic acids is 2. The molecule has 1 fully saturated rings. The van der Waals surface area contributed by atoms with E-state index >= 15 is 0 Å². The van der Waals surface area contributed by atoms with Gasteiger partial charge in [-0.2, -0.15) is 0 Å². The fourth-order valence-corrected chi connectivity index (χ4v) is 4.08. The molecular formula is C22H34BrN3O5. The minimum absolute atomic E-state index is 0.0978. The maximum Gasteiger partial charge on any atom is 0.414 e. The number of carbonyl (C=O) groups is 3. The van der Waals surface area contributed by atoms with Crippen molar-refractivity contribution in [3.63, 3.8) is 0 Å². The van der Waals surface area contributed by atoms with Crippen LogP contribution in [0.15, 0.2) is 28.7 Å². The number of piperidine rings is 1. The molecule has 31 heavy (non-hydrogen) atoms. The summed E-state index contributed by atoms with van der Waals surface area (Å²) in [7, 11) is 4.15. The molecule has 9 heteroatoms. The van der Waals surface area contributed by atoms with Crippen molar-refractivity contribution in [2.45, 2.75) is 33.2 Å². The molecule has 0 spiro atoms. The highest BCUT2D eigenvalue weighted by Gasteiger charge is 2.27. The second-order valence-corrected chi connectivity index (χ2v) is 9.83. The van der Waals surface area contributed by atoms with Crippen molar-refractivity contribution in [3.05, 3.63) is 34.3 Å². The molecule has 8 nitrogen and oxygen atoms in total. The van der Waals surface area contributed by atoms with Crippen LogP contribution in [0, 0.1) is 11.3 Å². The van der Waals surface area contributed by atoms with E-state index in [1.807, 2.05) is 0 Å². The summed E-state index contributed by atoms with van der Waals surface area (Å²) in [5.74, 6) is -3.26. The Morgan fingerprint density at radius 3 is 2.23 bits per heavy atom. The van der Waals surface area contributed by atoms with E-state index in [9.17, 15) is 4.79 Å². The summed E-state index contributed by atoms with van der Waals surface area (Å²) >= 11 is 3.53. The monoisotopic (exact) mass is 499 g/mol. The molecule has 0 radical (unpaired) electrons. The van der Waals surface area contributed by atoms with Gasteiger partial charge in [0.15, 0.2) is 0 Å². The summed E-state index contributed by atoms with van der Waals surface area (Å²) in [6.07, 6.45) is 1.90. The maximum absolute atomic E-state index is 12.5. The Morgan fingerprint density at radius 1 is 1.16 bits per heavy atom. The van der Waals surface area contributed by atoms with Gasteiger partial charge in [-0.15, -0.1) is 0 Å². The van der Waals surface area contributed by atoms with E-state index in [2.05, 4.69) is 83.3 Å². The molecule has 1 aromatic carbocycles.